The molecule has 0 bridgehead atoms. The number of nitrogens with zero attached hydrogens (tertiary/aromatic N) is 3. The maximum absolute atomic E-state index is 14.3. The summed E-state index contributed by atoms with van der Waals surface area (Å²) in [7, 11) is -4.41. The number of sulfonamides is 1. The van der Waals surface area contributed by atoms with Crippen LogP contribution in [0.4, 0.5) is 15.8 Å². The highest BCUT2D eigenvalue weighted by Gasteiger charge is 2.34. The van der Waals surface area contributed by atoms with Crippen molar-refractivity contribution in [2.75, 3.05) is 17.4 Å². The summed E-state index contributed by atoms with van der Waals surface area (Å²) in [6.07, 6.45) is 0.113. The van der Waals surface area contributed by atoms with Crippen LogP contribution in [-0.4, -0.2) is 49.2 Å². The maximum atomic E-state index is 14.3. The normalized spacial score (nSPS) is 11.8. The second-order valence-electron chi connectivity index (χ2n) is 9.85. The van der Waals surface area contributed by atoms with Gasteiger partial charge in [0.1, 0.15) is 18.4 Å². The van der Waals surface area contributed by atoms with Crippen LogP contribution in [0.1, 0.15) is 18.1 Å². The van der Waals surface area contributed by atoms with Gasteiger partial charge in [-0.1, -0.05) is 66.7 Å². The van der Waals surface area contributed by atoms with Gasteiger partial charge in [0.2, 0.25) is 11.8 Å². The van der Waals surface area contributed by atoms with Crippen LogP contribution >= 0.6 is 0 Å². The number of nitro benzene ring substituents is 1. The first-order valence-electron chi connectivity index (χ1n) is 13.8. The topological polar surface area (TPSA) is 130 Å². The number of halogens is 1. The fourth-order valence-electron chi connectivity index (χ4n) is 4.64. The number of anilines is 1. The molecule has 0 aliphatic carbocycles. The second kappa shape index (κ2) is 14.4. The highest BCUT2D eigenvalue weighted by Crippen LogP contribution is 2.28. The van der Waals surface area contributed by atoms with E-state index in [1.807, 2.05) is 18.2 Å². The van der Waals surface area contributed by atoms with Crippen molar-refractivity contribution in [3.63, 3.8) is 0 Å². The van der Waals surface area contributed by atoms with Crippen molar-refractivity contribution in [1.29, 1.82) is 0 Å². The number of nitro groups is 1. The Morgan fingerprint density at radius 1 is 0.886 bits per heavy atom. The number of non-ortho nitro benzene ring substituents is 1. The summed E-state index contributed by atoms with van der Waals surface area (Å²) in [5.74, 6) is -1.69. The van der Waals surface area contributed by atoms with E-state index in [4.69, 9.17) is 0 Å². The van der Waals surface area contributed by atoms with Crippen LogP contribution in [0.3, 0.4) is 0 Å². The van der Waals surface area contributed by atoms with E-state index in [0.717, 1.165) is 15.9 Å². The van der Waals surface area contributed by atoms with Gasteiger partial charge in [0, 0.05) is 31.6 Å². The molecule has 0 saturated carbocycles. The molecule has 12 heteroatoms. The largest absolute Gasteiger partial charge is 0.355 e. The zero-order valence-corrected chi connectivity index (χ0v) is 24.7. The predicted molar refractivity (Wildman–Crippen MR) is 164 cm³/mol. The molecule has 4 aromatic carbocycles. The predicted octanol–water partition coefficient (Wildman–Crippen LogP) is 4.71. The number of carbonyl (C=O) groups excluding carboxylic acids is 2. The summed E-state index contributed by atoms with van der Waals surface area (Å²) in [5, 5.41) is 14.3. The minimum Gasteiger partial charge on any atom is -0.355 e. The van der Waals surface area contributed by atoms with Gasteiger partial charge in [-0.05, 0) is 48.4 Å². The molecule has 0 fully saturated rings. The molecule has 228 valence electrons. The number of amides is 2. The van der Waals surface area contributed by atoms with Crippen molar-refractivity contribution in [2.45, 2.75) is 30.8 Å². The highest BCUT2D eigenvalue weighted by atomic mass is 32.2. The second-order valence-corrected chi connectivity index (χ2v) is 11.7. The van der Waals surface area contributed by atoms with Gasteiger partial charge < -0.3 is 10.2 Å². The van der Waals surface area contributed by atoms with Crippen molar-refractivity contribution in [3.05, 3.63) is 136 Å². The molecule has 0 radical (unpaired) electrons. The Morgan fingerprint density at radius 3 is 2.14 bits per heavy atom. The first-order valence-corrected chi connectivity index (χ1v) is 15.2. The Morgan fingerprint density at radius 2 is 1.52 bits per heavy atom. The molecular formula is C32H31FN4O6S. The summed E-state index contributed by atoms with van der Waals surface area (Å²) < 4.78 is 42.4. The molecule has 4 aromatic rings. The highest BCUT2D eigenvalue weighted by molar-refractivity contribution is 7.92. The lowest BCUT2D eigenvalue weighted by atomic mass is 10.0. The van der Waals surface area contributed by atoms with Gasteiger partial charge in [0.25, 0.3) is 15.7 Å². The fraction of sp³-hybridized carbons (Fsp3) is 0.188. The van der Waals surface area contributed by atoms with Crippen molar-refractivity contribution in [2.24, 2.45) is 0 Å². The molecule has 4 rings (SSSR count). The van der Waals surface area contributed by atoms with Gasteiger partial charge in [-0.2, -0.15) is 0 Å². The summed E-state index contributed by atoms with van der Waals surface area (Å²) in [5.41, 5.74) is 0.800. The van der Waals surface area contributed by atoms with Crippen LogP contribution in [0.5, 0.6) is 0 Å². The average molecular weight is 619 g/mol. The number of benzene rings is 4. The average Bonchev–Trinajstić information content (AvgIpc) is 3.03. The minimum atomic E-state index is -4.41. The molecule has 1 unspecified atom stereocenters. The molecule has 10 nitrogen and oxygen atoms in total. The molecule has 2 amide bonds. The van der Waals surface area contributed by atoms with E-state index in [2.05, 4.69) is 5.32 Å². The summed E-state index contributed by atoms with van der Waals surface area (Å²) in [6, 6.07) is 25.7. The third-order valence-electron chi connectivity index (χ3n) is 6.83. The van der Waals surface area contributed by atoms with Gasteiger partial charge in [0.05, 0.1) is 15.5 Å². The minimum absolute atomic E-state index is 0.101. The first kappa shape index (κ1) is 31.8. The Balaban J connectivity index is 1.81. The molecule has 1 atom stereocenters. The molecule has 0 aliphatic heterocycles. The van der Waals surface area contributed by atoms with Gasteiger partial charge in [0.15, 0.2) is 0 Å². The van der Waals surface area contributed by atoms with E-state index < -0.39 is 45.2 Å². The van der Waals surface area contributed by atoms with E-state index in [-0.39, 0.29) is 35.8 Å². The zero-order valence-electron chi connectivity index (χ0n) is 23.9. The van der Waals surface area contributed by atoms with Crippen molar-refractivity contribution in [3.8, 4) is 0 Å². The fourth-order valence-corrected chi connectivity index (χ4v) is 6.07. The van der Waals surface area contributed by atoms with Crippen LogP contribution in [0.15, 0.2) is 114 Å². The number of nitrogens with one attached hydrogen (secondary N) is 1. The SMILES string of the molecule is CCNC(=O)C(Cc1ccccc1)N(Cc1ccc(F)cc1)C(=O)CN(c1cccc([N+](=O)[O-])c1)S(=O)(=O)c1ccccc1. The molecule has 44 heavy (non-hydrogen) atoms. The molecular weight excluding hydrogens is 587 g/mol. The molecule has 0 heterocycles. The third kappa shape index (κ3) is 7.84. The molecule has 0 spiro atoms. The van der Waals surface area contributed by atoms with Crippen LogP contribution in [0, 0.1) is 15.9 Å². The Labute approximate surface area is 254 Å². The lowest BCUT2D eigenvalue weighted by Gasteiger charge is -2.33. The van der Waals surface area contributed by atoms with Crippen LogP contribution in [0.25, 0.3) is 0 Å². The Hall–Kier alpha value is -5.10. The van der Waals surface area contributed by atoms with Gasteiger partial charge >= 0.3 is 0 Å². The van der Waals surface area contributed by atoms with Gasteiger partial charge in [-0.15, -0.1) is 0 Å². The molecule has 0 saturated heterocycles. The number of carbonyl (C=O) groups is 2. The van der Waals surface area contributed by atoms with Crippen molar-refractivity contribution < 1.29 is 27.3 Å². The third-order valence-corrected chi connectivity index (χ3v) is 8.61. The van der Waals surface area contributed by atoms with Gasteiger partial charge in [-0.25, -0.2) is 12.8 Å². The van der Waals surface area contributed by atoms with E-state index in [0.29, 0.717) is 5.56 Å². The van der Waals surface area contributed by atoms with Crippen molar-refractivity contribution >= 4 is 33.2 Å². The number of hydrogen-bond acceptors (Lipinski definition) is 6. The number of hydrogen-bond donors (Lipinski definition) is 1. The zero-order chi connectivity index (χ0) is 31.7. The molecule has 1 N–H and O–H groups in total. The quantitative estimate of drug-likeness (QED) is 0.171. The van der Waals surface area contributed by atoms with E-state index in [9.17, 15) is 32.5 Å². The summed E-state index contributed by atoms with van der Waals surface area (Å²) in [4.78, 5) is 39.7. The van der Waals surface area contributed by atoms with Crippen molar-refractivity contribution in [1.82, 2.24) is 10.2 Å². The summed E-state index contributed by atoms with van der Waals surface area (Å²) >= 11 is 0. The van der Waals surface area contributed by atoms with Crippen LogP contribution in [0.2, 0.25) is 0 Å². The number of likely N-dealkylation sites (N-methyl/N-ethyl adjacent to an activating group) is 1. The van der Waals surface area contributed by atoms with E-state index in [1.165, 1.54) is 71.6 Å². The lowest BCUT2D eigenvalue weighted by molar-refractivity contribution is -0.384. The van der Waals surface area contributed by atoms with Crippen LogP contribution < -0.4 is 9.62 Å². The van der Waals surface area contributed by atoms with E-state index in [1.54, 1.807) is 25.1 Å². The molecule has 0 aliphatic rings. The smallest absolute Gasteiger partial charge is 0.271 e. The van der Waals surface area contributed by atoms with Gasteiger partial charge in [-0.3, -0.25) is 24.0 Å². The monoisotopic (exact) mass is 618 g/mol. The first-order chi connectivity index (χ1) is 21.1. The Bertz CT molecular complexity index is 1700. The standard InChI is InChI=1S/C32H31FN4O6S/c1-2-34-32(39)30(20-24-10-5-3-6-11-24)35(22-25-16-18-26(33)19-17-25)31(38)23-36(27-12-9-13-28(21-27)37(40)41)44(42,43)29-14-7-4-8-15-29/h3-19,21,30H,2,20,22-23H2,1H3,(H,34,39). The maximum Gasteiger partial charge on any atom is 0.271 e. The van der Waals surface area contributed by atoms with Crippen LogP contribution in [-0.2, 0) is 32.6 Å². The molecule has 0 aromatic heterocycles. The number of rotatable bonds is 13. The summed E-state index contributed by atoms with van der Waals surface area (Å²) in [6.45, 7) is 1.11. The lowest BCUT2D eigenvalue weighted by Crippen LogP contribution is -2.53. The Kier molecular flexibility index (Phi) is 10.4. The van der Waals surface area contributed by atoms with E-state index >= 15 is 0 Å².